The summed E-state index contributed by atoms with van der Waals surface area (Å²) in [5.74, 6) is 0. The van der Waals surface area contributed by atoms with E-state index >= 15 is 0 Å². The van der Waals surface area contributed by atoms with Gasteiger partial charge in [0, 0.05) is 12.6 Å². The van der Waals surface area contributed by atoms with Crippen LogP contribution in [0.15, 0.2) is 0 Å². The maximum absolute atomic E-state index is 5.62. The Morgan fingerprint density at radius 3 is 2.62 bits per heavy atom. The number of hydrogen-bond donors (Lipinski definition) is 1. The van der Waals surface area contributed by atoms with E-state index in [1.165, 1.54) is 12.8 Å². The molecule has 0 spiro atoms. The van der Waals surface area contributed by atoms with E-state index in [1.54, 1.807) is 0 Å². The second-order valence-corrected chi connectivity index (χ2v) is 3.73. The maximum Gasteiger partial charge on any atom is 0.134 e. The quantitative estimate of drug-likeness (QED) is 0.704. The molecule has 2 aliphatic heterocycles. The number of hydrogen-bond acceptors (Lipinski definition) is 3. The molecule has 2 fully saturated rings. The summed E-state index contributed by atoms with van der Waals surface area (Å²) in [4.78, 5) is 0. The Morgan fingerprint density at radius 2 is 2.08 bits per heavy atom. The number of ether oxygens (including phenoxy) is 2. The number of rotatable bonds is 1. The third-order valence-electron chi connectivity index (χ3n) is 2.53. The Bertz CT molecular complexity index is 148. The highest BCUT2D eigenvalue weighted by Crippen LogP contribution is 2.19. The molecule has 0 aromatic carbocycles. The number of halogens is 1. The zero-order chi connectivity index (χ0) is 8.39. The average molecular weight is 208 g/mol. The highest BCUT2D eigenvalue weighted by Gasteiger charge is 2.30. The van der Waals surface area contributed by atoms with Crippen LogP contribution in [0.5, 0.6) is 0 Å². The summed E-state index contributed by atoms with van der Waals surface area (Å²) in [5.41, 5.74) is 0. The molecule has 78 valence electrons. The largest absolute Gasteiger partial charge is 0.374 e. The van der Waals surface area contributed by atoms with Crippen molar-refractivity contribution in [1.82, 2.24) is 5.32 Å². The van der Waals surface area contributed by atoms with E-state index in [0.717, 1.165) is 19.6 Å². The monoisotopic (exact) mass is 207 g/mol. The molecule has 3 unspecified atom stereocenters. The van der Waals surface area contributed by atoms with Crippen LogP contribution in [-0.4, -0.2) is 31.6 Å². The van der Waals surface area contributed by atoms with Crippen molar-refractivity contribution in [1.29, 1.82) is 0 Å². The van der Waals surface area contributed by atoms with Crippen LogP contribution in [-0.2, 0) is 9.47 Å². The molecule has 0 amide bonds. The van der Waals surface area contributed by atoms with Gasteiger partial charge in [0.05, 0.1) is 12.7 Å². The summed E-state index contributed by atoms with van der Waals surface area (Å²) in [6.45, 7) is 3.87. The fourth-order valence-electron chi connectivity index (χ4n) is 1.84. The van der Waals surface area contributed by atoms with E-state index in [4.69, 9.17) is 9.47 Å². The first-order valence-corrected chi connectivity index (χ1v) is 4.85. The summed E-state index contributed by atoms with van der Waals surface area (Å²) in [7, 11) is 0. The summed E-state index contributed by atoms with van der Waals surface area (Å²) >= 11 is 0. The van der Waals surface area contributed by atoms with Gasteiger partial charge >= 0.3 is 0 Å². The van der Waals surface area contributed by atoms with Crippen molar-refractivity contribution < 1.29 is 9.47 Å². The van der Waals surface area contributed by atoms with Crippen LogP contribution < -0.4 is 5.32 Å². The molecule has 0 radical (unpaired) electrons. The lowest BCUT2D eigenvalue weighted by Gasteiger charge is -2.27. The third-order valence-corrected chi connectivity index (χ3v) is 2.53. The van der Waals surface area contributed by atoms with E-state index in [2.05, 4.69) is 12.2 Å². The highest BCUT2D eigenvalue weighted by molar-refractivity contribution is 5.85. The average Bonchev–Trinajstić information content (AvgIpc) is 2.54. The predicted molar refractivity (Wildman–Crippen MR) is 53.2 cm³/mol. The van der Waals surface area contributed by atoms with Crippen LogP contribution in [0.3, 0.4) is 0 Å². The maximum atomic E-state index is 5.62. The molecule has 2 aliphatic rings. The Morgan fingerprint density at radius 1 is 1.23 bits per heavy atom. The van der Waals surface area contributed by atoms with Gasteiger partial charge in [-0.15, -0.1) is 12.4 Å². The molecule has 0 saturated carbocycles. The van der Waals surface area contributed by atoms with Crippen LogP contribution >= 0.6 is 12.4 Å². The highest BCUT2D eigenvalue weighted by atomic mass is 35.5. The van der Waals surface area contributed by atoms with E-state index < -0.39 is 0 Å². The molecule has 0 aliphatic carbocycles. The Kier molecular flexibility index (Phi) is 4.46. The summed E-state index contributed by atoms with van der Waals surface area (Å²) < 4.78 is 11.2. The molecular weight excluding hydrogens is 190 g/mol. The minimum atomic E-state index is 0. The molecule has 2 saturated heterocycles. The molecular formula is C9H18ClNO2. The van der Waals surface area contributed by atoms with Gasteiger partial charge in [0.2, 0.25) is 0 Å². The van der Waals surface area contributed by atoms with Crippen molar-refractivity contribution >= 4 is 12.4 Å². The Hall–Kier alpha value is 0.170. The zero-order valence-corrected chi connectivity index (χ0v) is 8.81. The van der Waals surface area contributed by atoms with Crippen molar-refractivity contribution in [2.75, 3.05) is 13.2 Å². The minimum absolute atomic E-state index is 0. The Balaban J connectivity index is 0.000000845. The zero-order valence-electron chi connectivity index (χ0n) is 7.99. The second-order valence-electron chi connectivity index (χ2n) is 3.73. The van der Waals surface area contributed by atoms with Crippen molar-refractivity contribution in [3.8, 4) is 0 Å². The molecule has 0 bridgehead atoms. The molecule has 3 atom stereocenters. The SMILES string of the molecule is CC1COC(C2CCCCO2)N1.Cl. The molecule has 2 rings (SSSR count). The van der Waals surface area contributed by atoms with Crippen LogP contribution in [0, 0.1) is 0 Å². The molecule has 2 heterocycles. The van der Waals surface area contributed by atoms with Gasteiger partial charge in [-0.2, -0.15) is 0 Å². The van der Waals surface area contributed by atoms with E-state index in [1.807, 2.05) is 0 Å². The first-order valence-electron chi connectivity index (χ1n) is 4.85. The lowest BCUT2D eigenvalue weighted by molar-refractivity contribution is -0.0769. The van der Waals surface area contributed by atoms with Crippen LogP contribution in [0.1, 0.15) is 26.2 Å². The topological polar surface area (TPSA) is 30.5 Å². The molecule has 0 aromatic heterocycles. The van der Waals surface area contributed by atoms with Gasteiger partial charge in [-0.05, 0) is 26.2 Å². The molecule has 13 heavy (non-hydrogen) atoms. The second kappa shape index (κ2) is 5.15. The Labute approximate surface area is 85.6 Å². The van der Waals surface area contributed by atoms with Crippen molar-refractivity contribution in [2.45, 2.75) is 44.6 Å². The third kappa shape index (κ3) is 2.81. The lowest BCUT2D eigenvalue weighted by atomic mass is 10.1. The normalized spacial score (nSPS) is 39.9. The van der Waals surface area contributed by atoms with Gasteiger partial charge in [-0.25, -0.2) is 0 Å². The van der Waals surface area contributed by atoms with E-state index in [0.29, 0.717) is 12.1 Å². The summed E-state index contributed by atoms with van der Waals surface area (Å²) in [6, 6.07) is 0.487. The van der Waals surface area contributed by atoms with Gasteiger partial charge in [0.15, 0.2) is 0 Å². The molecule has 1 N–H and O–H groups in total. The summed E-state index contributed by atoms with van der Waals surface area (Å²) in [6.07, 6.45) is 4.08. The smallest absolute Gasteiger partial charge is 0.134 e. The predicted octanol–water partition coefficient (Wildman–Crippen LogP) is 1.31. The lowest BCUT2D eigenvalue weighted by Crippen LogP contribution is -2.41. The van der Waals surface area contributed by atoms with Gasteiger partial charge in [-0.3, -0.25) is 5.32 Å². The van der Waals surface area contributed by atoms with Crippen molar-refractivity contribution in [3.63, 3.8) is 0 Å². The fourth-order valence-corrected chi connectivity index (χ4v) is 1.84. The van der Waals surface area contributed by atoms with Gasteiger partial charge in [0.1, 0.15) is 6.23 Å². The van der Waals surface area contributed by atoms with Crippen LogP contribution in [0.25, 0.3) is 0 Å². The van der Waals surface area contributed by atoms with Gasteiger partial charge in [-0.1, -0.05) is 0 Å². The molecule has 3 nitrogen and oxygen atoms in total. The minimum Gasteiger partial charge on any atom is -0.374 e. The van der Waals surface area contributed by atoms with E-state index in [9.17, 15) is 0 Å². The number of nitrogens with one attached hydrogen (secondary N) is 1. The van der Waals surface area contributed by atoms with E-state index in [-0.39, 0.29) is 18.6 Å². The first-order chi connectivity index (χ1) is 5.86. The molecule has 0 aromatic rings. The van der Waals surface area contributed by atoms with Crippen molar-refractivity contribution in [3.05, 3.63) is 0 Å². The fraction of sp³-hybridized carbons (Fsp3) is 1.00. The van der Waals surface area contributed by atoms with Crippen LogP contribution in [0.2, 0.25) is 0 Å². The van der Waals surface area contributed by atoms with Gasteiger partial charge < -0.3 is 9.47 Å². The van der Waals surface area contributed by atoms with Gasteiger partial charge in [0.25, 0.3) is 0 Å². The summed E-state index contributed by atoms with van der Waals surface area (Å²) in [5, 5.41) is 3.38. The van der Waals surface area contributed by atoms with Crippen molar-refractivity contribution in [2.24, 2.45) is 0 Å². The van der Waals surface area contributed by atoms with Crippen LogP contribution in [0.4, 0.5) is 0 Å². The first kappa shape index (κ1) is 11.2. The molecule has 4 heteroatoms. The standard InChI is InChI=1S/C9H17NO2.ClH/c1-7-6-12-9(10-7)8-4-2-3-5-11-8;/h7-10H,2-6H2,1H3;1H.